The minimum absolute atomic E-state index is 0.0429. The number of hydrogen-bond acceptors (Lipinski definition) is 5. The first kappa shape index (κ1) is 19.6. The van der Waals surface area contributed by atoms with Gasteiger partial charge in [-0.3, -0.25) is 4.79 Å². The summed E-state index contributed by atoms with van der Waals surface area (Å²) in [5.41, 5.74) is 1.06. The van der Waals surface area contributed by atoms with Gasteiger partial charge < -0.3 is 14.7 Å². The van der Waals surface area contributed by atoms with Gasteiger partial charge in [0.05, 0.1) is 16.6 Å². The van der Waals surface area contributed by atoms with E-state index in [1.54, 1.807) is 11.3 Å². The molecule has 1 amide bonds. The van der Waals surface area contributed by atoms with Crippen molar-refractivity contribution in [2.24, 2.45) is 5.92 Å². The third kappa shape index (κ3) is 3.74. The van der Waals surface area contributed by atoms with E-state index in [0.29, 0.717) is 0 Å². The number of thiophene rings is 1. The predicted octanol–water partition coefficient (Wildman–Crippen LogP) is 4.51. The summed E-state index contributed by atoms with van der Waals surface area (Å²) in [6, 6.07) is 12.1. The molecule has 1 aromatic carbocycles. The lowest BCUT2D eigenvalue weighted by atomic mass is 9.96. The maximum atomic E-state index is 13.3. The number of hydrogen-bond donors (Lipinski definition) is 0. The molecule has 0 radical (unpaired) electrons. The number of fused-ring (bicyclic) bond motifs is 1. The molecule has 0 saturated carbocycles. The molecule has 0 N–H and O–H groups in total. The second kappa shape index (κ2) is 8.44. The van der Waals surface area contributed by atoms with Crippen molar-refractivity contribution in [3.8, 4) is 0 Å². The van der Waals surface area contributed by atoms with Crippen LogP contribution in [0.5, 0.6) is 0 Å². The molecule has 5 rings (SSSR count). The maximum Gasteiger partial charge on any atom is 0.227 e. The molecular weight excluding hydrogens is 416 g/mol. The van der Waals surface area contributed by atoms with Crippen molar-refractivity contribution < 1.29 is 4.79 Å². The number of piperidine rings is 1. The topological polar surface area (TPSA) is 39.7 Å². The first-order valence-corrected chi connectivity index (χ1v) is 11.8. The molecule has 0 bridgehead atoms. The normalized spacial score (nSPS) is 20.0. The van der Waals surface area contributed by atoms with Gasteiger partial charge in [-0.15, -0.1) is 11.3 Å². The van der Waals surface area contributed by atoms with E-state index >= 15 is 0 Å². The van der Waals surface area contributed by atoms with Gasteiger partial charge in [-0.1, -0.05) is 23.7 Å². The molecule has 3 aromatic rings. The van der Waals surface area contributed by atoms with E-state index < -0.39 is 0 Å². The van der Waals surface area contributed by atoms with E-state index in [1.807, 2.05) is 29.3 Å². The molecule has 30 heavy (non-hydrogen) atoms. The van der Waals surface area contributed by atoms with Crippen LogP contribution in [0.3, 0.4) is 0 Å². The van der Waals surface area contributed by atoms with Crippen molar-refractivity contribution in [1.82, 2.24) is 9.88 Å². The van der Waals surface area contributed by atoms with Gasteiger partial charge in [0.1, 0.15) is 5.82 Å². The van der Waals surface area contributed by atoms with Gasteiger partial charge in [0.2, 0.25) is 5.91 Å². The summed E-state index contributed by atoms with van der Waals surface area (Å²) in [5.74, 6) is 1.35. The molecule has 2 aromatic heterocycles. The van der Waals surface area contributed by atoms with Crippen molar-refractivity contribution in [1.29, 1.82) is 0 Å². The summed E-state index contributed by atoms with van der Waals surface area (Å²) in [6.45, 7) is 4.86. The second-order valence-corrected chi connectivity index (χ2v) is 9.37. The second-order valence-electron chi connectivity index (χ2n) is 8.02. The lowest BCUT2D eigenvalue weighted by molar-refractivity contribution is -0.136. The van der Waals surface area contributed by atoms with Crippen molar-refractivity contribution >= 4 is 50.4 Å². The summed E-state index contributed by atoms with van der Waals surface area (Å²) in [4.78, 5) is 24.6. The van der Waals surface area contributed by atoms with Gasteiger partial charge in [-0.2, -0.15) is 0 Å². The standard InChI is InChI=1S/C23H25ClN4OS/c24-19-5-1-2-6-20(19)26-11-13-27(14-12-26)23(29)17-4-3-10-28(16-17)22-18-8-15-30-21(18)7-9-25-22/h1-2,5-9,15,17H,3-4,10-14,16H2. The third-order valence-corrected chi connectivity index (χ3v) is 7.42. The highest BCUT2D eigenvalue weighted by Crippen LogP contribution is 2.32. The SMILES string of the molecule is O=C(C1CCCN(c2nccc3sccc23)C1)N1CCN(c2ccccc2Cl)CC1. The molecule has 2 fully saturated rings. The van der Waals surface area contributed by atoms with Gasteiger partial charge in [0.15, 0.2) is 0 Å². The Morgan fingerprint density at radius 3 is 2.70 bits per heavy atom. The summed E-state index contributed by atoms with van der Waals surface area (Å²) < 4.78 is 1.25. The van der Waals surface area contributed by atoms with Crippen LogP contribution in [-0.2, 0) is 4.79 Å². The average Bonchev–Trinajstić information content (AvgIpc) is 3.28. The Morgan fingerprint density at radius 2 is 1.87 bits per heavy atom. The molecule has 5 nitrogen and oxygen atoms in total. The highest BCUT2D eigenvalue weighted by Gasteiger charge is 2.32. The number of anilines is 2. The Morgan fingerprint density at radius 1 is 1.03 bits per heavy atom. The average molecular weight is 441 g/mol. The first-order chi connectivity index (χ1) is 14.7. The number of benzene rings is 1. The Bertz CT molecular complexity index is 1050. The molecule has 156 valence electrons. The number of nitrogens with zero attached hydrogens (tertiary/aromatic N) is 4. The molecule has 1 atom stereocenters. The van der Waals surface area contributed by atoms with Crippen LogP contribution in [0.2, 0.25) is 5.02 Å². The zero-order chi connectivity index (χ0) is 20.5. The molecule has 1 unspecified atom stereocenters. The quantitative estimate of drug-likeness (QED) is 0.600. The fourth-order valence-corrected chi connectivity index (χ4v) is 5.67. The minimum atomic E-state index is 0.0429. The highest BCUT2D eigenvalue weighted by molar-refractivity contribution is 7.17. The molecule has 2 saturated heterocycles. The number of halogens is 1. The van der Waals surface area contributed by atoms with Gasteiger partial charge >= 0.3 is 0 Å². The van der Waals surface area contributed by atoms with E-state index in [4.69, 9.17) is 11.6 Å². The first-order valence-electron chi connectivity index (χ1n) is 10.6. The lowest BCUT2D eigenvalue weighted by Gasteiger charge is -2.40. The summed E-state index contributed by atoms with van der Waals surface area (Å²) in [5, 5.41) is 4.08. The largest absolute Gasteiger partial charge is 0.367 e. The number of aromatic nitrogens is 1. The summed E-state index contributed by atoms with van der Waals surface area (Å²) in [7, 11) is 0. The van der Waals surface area contributed by atoms with Crippen molar-refractivity contribution in [2.75, 3.05) is 49.1 Å². The van der Waals surface area contributed by atoms with Crippen LogP contribution in [0.4, 0.5) is 11.5 Å². The number of pyridine rings is 1. The van der Waals surface area contributed by atoms with Crippen molar-refractivity contribution in [2.45, 2.75) is 12.8 Å². The zero-order valence-corrected chi connectivity index (χ0v) is 18.4. The monoisotopic (exact) mass is 440 g/mol. The summed E-state index contributed by atoms with van der Waals surface area (Å²) in [6.07, 6.45) is 3.87. The Kier molecular flexibility index (Phi) is 5.52. The van der Waals surface area contributed by atoms with Crippen molar-refractivity contribution in [3.05, 3.63) is 53.0 Å². The van der Waals surface area contributed by atoms with Crippen LogP contribution in [0.15, 0.2) is 48.0 Å². The Balaban J connectivity index is 1.24. The molecule has 0 aliphatic carbocycles. The molecule has 4 heterocycles. The molecule has 7 heteroatoms. The van der Waals surface area contributed by atoms with E-state index in [0.717, 1.165) is 68.6 Å². The van der Waals surface area contributed by atoms with Crippen LogP contribution in [0.1, 0.15) is 12.8 Å². The van der Waals surface area contributed by atoms with E-state index in [1.165, 1.54) is 10.1 Å². The van der Waals surface area contributed by atoms with Gasteiger partial charge in [0.25, 0.3) is 0 Å². The third-order valence-electron chi connectivity index (χ3n) is 6.21. The fraction of sp³-hybridized carbons (Fsp3) is 0.391. The van der Waals surface area contributed by atoms with Crippen LogP contribution in [-0.4, -0.2) is 55.1 Å². The van der Waals surface area contributed by atoms with Gasteiger partial charge in [-0.25, -0.2) is 4.98 Å². The van der Waals surface area contributed by atoms with Gasteiger partial charge in [-0.05, 0) is 42.5 Å². The van der Waals surface area contributed by atoms with E-state index in [-0.39, 0.29) is 11.8 Å². The van der Waals surface area contributed by atoms with Crippen LogP contribution in [0.25, 0.3) is 10.1 Å². The number of rotatable bonds is 3. The number of carbonyl (C=O) groups excluding carboxylic acids is 1. The summed E-state index contributed by atoms with van der Waals surface area (Å²) >= 11 is 8.09. The van der Waals surface area contributed by atoms with Gasteiger partial charge in [0, 0.05) is 55.6 Å². The maximum absolute atomic E-state index is 13.3. The van der Waals surface area contributed by atoms with Crippen LogP contribution < -0.4 is 9.80 Å². The smallest absolute Gasteiger partial charge is 0.227 e. The highest BCUT2D eigenvalue weighted by atomic mass is 35.5. The molecule has 0 spiro atoms. The molecule has 2 aliphatic rings. The lowest BCUT2D eigenvalue weighted by Crippen LogP contribution is -2.52. The number of piperazine rings is 1. The van der Waals surface area contributed by atoms with Crippen molar-refractivity contribution in [3.63, 3.8) is 0 Å². The fourth-order valence-electron chi connectivity index (χ4n) is 4.64. The zero-order valence-electron chi connectivity index (χ0n) is 16.8. The van der Waals surface area contributed by atoms with Crippen LogP contribution in [0, 0.1) is 5.92 Å². The molecular formula is C23H25ClN4OS. The van der Waals surface area contributed by atoms with E-state index in [2.05, 4.69) is 38.4 Å². The van der Waals surface area contributed by atoms with E-state index in [9.17, 15) is 4.79 Å². The molecule has 2 aliphatic heterocycles. The number of para-hydroxylation sites is 1. The number of carbonyl (C=O) groups is 1. The Hall–Kier alpha value is -2.31. The minimum Gasteiger partial charge on any atom is -0.367 e. The Labute approximate surface area is 185 Å². The predicted molar refractivity (Wildman–Crippen MR) is 125 cm³/mol. The number of amides is 1. The van der Waals surface area contributed by atoms with Crippen LogP contribution >= 0.6 is 22.9 Å².